The van der Waals surface area contributed by atoms with Crippen LogP contribution in [0.4, 0.5) is 10.1 Å². The summed E-state index contributed by atoms with van der Waals surface area (Å²) in [5, 5.41) is 13.3. The highest BCUT2D eigenvalue weighted by atomic mass is 35.5. The predicted molar refractivity (Wildman–Crippen MR) is 156 cm³/mol. The van der Waals surface area contributed by atoms with Crippen LogP contribution in [0.25, 0.3) is 11.5 Å². The molecule has 4 rings (SSSR count). The number of nitrogens with one attached hydrogen (secondary N) is 2. The van der Waals surface area contributed by atoms with Crippen molar-refractivity contribution in [3.8, 4) is 11.5 Å². The van der Waals surface area contributed by atoms with Gasteiger partial charge in [0, 0.05) is 44.5 Å². The van der Waals surface area contributed by atoms with Gasteiger partial charge in [-0.3, -0.25) is 14.6 Å². The van der Waals surface area contributed by atoms with Crippen molar-refractivity contribution in [2.24, 2.45) is 0 Å². The summed E-state index contributed by atoms with van der Waals surface area (Å²) >= 11 is 0. The van der Waals surface area contributed by atoms with Gasteiger partial charge in [-0.1, -0.05) is 18.1 Å². The SMILES string of the molecule is CCNCCNC(=O)CN(CC(=O)N(C)N1Cc2ccc(F)cc2C1)c1ccc(-c2nc(C)no2)cc1C.Cl.Cl. The molecule has 0 bridgehead atoms. The average Bonchev–Trinajstić information content (AvgIpc) is 3.51. The molecule has 218 valence electrons. The fourth-order valence-electron chi connectivity index (χ4n) is 4.46. The Bertz CT molecular complexity index is 1310. The van der Waals surface area contributed by atoms with Crippen LogP contribution < -0.4 is 15.5 Å². The Morgan fingerprint density at radius 3 is 2.48 bits per heavy atom. The van der Waals surface area contributed by atoms with Crippen LogP contribution in [-0.2, 0) is 22.7 Å². The van der Waals surface area contributed by atoms with Crippen LogP contribution in [-0.4, -0.2) is 71.7 Å². The summed E-state index contributed by atoms with van der Waals surface area (Å²) in [7, 11) is 1.70. The standard InChI is InChI=1S/C27H34FN7O3.2ClH/c1-5-29-10-11-30-25(36)16-34(24-9-7-20(12-18(24)2)27-31-19(3)32-38-27)17-26(37)33(4)35-14-21-6-8-23(28)13-22(21)15-35;;/h6-9,12-13,29H,5,10-11,14-17H2,1-4H3,(H,30,36);2*1H. The van der Waals surface area contributed by atoms with E-state index in [0.29, 0.717) is 37.9 Å². The van der Waals surface area contributed by atoms with Crippen molar-refractivity contribution in [2.75, 3.05) is 44.7 Å². The van der Waals surface area contributed by atoms with Crippen LogP contribution >= 0.6 is 24.8 Å². The molecule has 0 spiro atoms. The Labute approximate surface area is 246 Å². The van der Waals surface area contributed by atoms with Crippen molar-refractivity contribution in [3.05, 3.63) is 64.7 Å². The number of aryl methyl sites for hydroxylation is 2. The highest BCUT2D eigenvalue weighted by molar-refractivity contribution is 5.87. The molecule has 1 aliphatic rings. The number of rotatable bonds is 11. The molecular weight excluding hydrogens is 560 g/mol. The number of hydrogen-bond donors (Lipinski definition) is 2. The maximum atomic E-state index is 13.7. The molecule has 0 saturated carbocycles. The van der Waals surface area contributed by atoms with E-state index in [1.165, 1.54) is 12.1 Å². The summed E-state index contributed by atoms with van der Waals surface area (Å²) in [6, 6.07) is 10.3. The normalized spacial score (nSPS) is 12.2. The van der Waals surface area contributed by atoms with Gasteiger partial charge in [-0.25, -0.2) is 9.40 Å². The van der Waals surface area contributed by atoms with Gasteiger partial charge in [0.2, 0.25) is 5.91 Å². The van der Waals surface area contributed by atoms with Crippen molar-refractivity contribution in [1.29, 1.82) is 0 Å². The van der Waals surface area contributed by atoms with Crippen LogP contribution in [0.3, 0.4) is 0 Å². The third-order valence-electron chi connectivity index (χ3n) is 6.51. The number of fused-ring (bicyclic) bond motifs is 1. The zero-order valence-electron chi connectivity index (χ0n) is 23.1. The molecule has 40 heavy (non-hydrogen) atoms. The molecule has 0 radical (unpaired) electrons. The fraction of sp³-hybridized carbons (Fsp3) is 0.407. The lowest BCUT2D eigenvalue weighted by Gasteiger charge is -2.32. The van der Waals surface area contributed by atoms with Gasteiger partial charge in [-0.15, -0.1) is 24.8 Å². The van der Waals surface area contributed by atoms with Gasteiger partial charge in [0.05, 0.1) is 13.1 Å². The number of hydrazine groups is 1. The second-order valence-corrected chi connectivity index (χ2v) is 9.36. The monoisotopic (exact) mass is 595 g/mol. The summed E-state index contributed by atoms with van der Waals surface area (Å²) in [6.07, 6.45) is 0. The first-order valence-corrected chi connectivity index (χ1v) is 12.7. The van der Waals surface area contributed by atoms with E-state index < -0.39 is 0 Å². The average molecular weight is 597 g/mol. The molecular formula is C27H36Cl2FN7O3. The van der Waals surface area contributed by atoms with E-state index in [1.54, 1.807) is 29.9 Å². The lowest BCUT2D eigenvalue weighted by molar-refractivity contribution is -0.145. The quantitative estimate of drug-likeness (QED) is 0.325. The van der Waals surface area contributed by atoms with Crippen molar-refractivity contribution in [3.63, 3.8) is 0 Å². The molecule has 0 unspecified atom stereocenters. The highest BCUT2D eigenvalue weighted by Crippen LogP contribution is 2.28. The fourth-order valence-corrected chi connectivity index (χ4v) is 4.46. The minimum Gasteiger partial charge on any atom is -0.353 e. The molecule has 0 atom stereocenters. The first-order chi connectivity index (χ1) is 18.2. The lowest BCUT2D eigenvalue weighted by atomic mass is 10.1. The topological polar surface area (TPSA) is 107 Å². The minimum absolute atomic E-state index is 0. The van der Waals surface area contributed by atoms with Gasteiger partial charge in [0.15, 0.2) is 5.82 Å². The van der Waals surface area contributed by atoms with E-state index in [2.05, 4.69) is 20.8 Å². The number of amides is 2. The Morgan fingerprint density at radius 2 is 1.80 bits per heavy atom. The molecule has 0 aliphatic carbocycles. The molecule has 10 nitrogen and oxygen atoms in total. The van der Waals surface area contributed by atoms with Gasteiger partial charge in [0.1, 0.15) is 5.82 Å². The van der Waals surface area contributed by atoms with Crippen molar-refractivity contribution in [2.45, 2.75) is 33.9 Å². The molecule has 2 heterocycles. The summed E-state index contributed by atoms with van der Waals surface area (Å²) in [6.45, 7) is 8.60. The summed E-state index contributed by atoms with van der Waals surface area (Å²) in [5.74, 6) is 0.289. The first kappa shape index (κ1) is 33.0. The number of carbonyl (C=O) groups excluding carboxylic acids is 2. The zero-order valence-corrected chi connectivity index (χ0v) is 24.7. The third-order valence-corrected chi connectivity index (χ3v) is 6.51. The number of hydrogen-bond acceptors (Lipinski definition) is 8. The maximum absolute atomic E-state index is 13.7. The third kappa shape index (κ3) is 8.14. The van der Waals surface area contributed by atoms with Crippen LogP contribution in [0, 0.1) is 19.7 Å². The number of aromatic nitrogens is 2. The predicted octanol–water partition coefficient (Wildman–Crippen LogP) is 3.26. The van der Waals surface area contributed by atoms with Crippen molar-refractivity contribution >= 4 is 42.3 Å². The Kier molecular flexibility index (Phi) is 12.3. The van der Waals surface area contributed by atoms with E-state index in [9.17, 15) is 14.0 Å². The molecule has 2 aromatic carbocycles. The van der Waals surface area contributed by atoms with Crippen molar-refractivity contribution in [1.82, 2.24) is 30.8 Å². The Balaban J connectivity index is 0.00000280. The molecule has 2 amide bonds. The van der Waals surface area contributed by atoms with Crippen LogP contribution in [0.5, 0.6) is 0 Å². The number of halogens is 3. The van der Waals surface area contributed by atoms with E-state index in [0.717, 1.165) is 34.5 Å². The van der Waals surface area contributed by atoms with E-state index >= 15 is 0 Å². The number of benzene rings is 2. The van der Waals surface area contributed by atoms with Crippen LogP contribution in [0.1, 0.15) is 29.4 Å². The second kappa shape index (κ2) is 14.9. The van der Waals surface area contributed by atoms with Crippen LogP contribution in [0.15, 0.2) is 40.9 Å². The van der Waals surface area contributed by atoms with Gasteiger partial charge >= 0.3 is 0 Å². The molecule has 1 aromatic heterocycles. The van der Waals surface area contributed by atoms with E-state index in [1.807, 2.05) is 37.1 Å². The highest BCUT2D eigenvalue weighted by Gasteiger charge is 2.27. The summed E-state index contributed by atoms with van der Waals surface area (Å²) in [5.41, 5.74) is 4.22. The van der Waals surface area contributed by atoms with Gasteiger partial charge in [-0.05, 0) is 67.4 Å². The summed E-state index contributed by atoms with van der Waals surface area (Å²) < 4.78 is 19.0. The maximum Gasteiger partial charge on any atom is 0.257 e. The molecule has 3 aromatic rings. The zero-order chi connectivity index (χ0) is 27.2. The molecule has 0 fully saturated rings. The van der Waals surface area contributed by atoms with Gasteiger partial charge in [-0.2, -0.15) is 4.98 Å². The number of nitrogens with zero attached hydrogens (tertiary/aromatic N) is 5. The molecule has 2 N–H and O–H groups in total. The first-order valence-electron chi connectivity index (χ1n) is 12.7. The van der Waals surface area contributed by atoms with Crippen LogP contribution in [0.2, 0.25) is 0 Å². The lowest BCUT2D eigenvalue weighted by Crippen LogP contribution is -2.48. The number of likely N-dealkylation sites (N-methyl/N-ethyl adjacent to an activating group) is 2. The minimum atomic E-state index is -0.291. The molecule has 13 heteroatoms. The Morgan fingerprint density at radius 1 is 1.05 bits per heavy atom. The van der Waals surface area contributed by atoms with Gasteiger partial charge in [0.25, 0.3) is 11.8 Å². The van der Waals surface area contributed by atoms with E-state index in [-0.39, 0.29) is 55.5 Å². The summed E-state index contributed by atoms with van der Waals surface area (Å²) in [4.78, 5) is 32.3. The number of carbonyl (C=O) groups is 2. The van der Waals surface area contributed by atoms with Crippen molar-refractivity contribution < 1.29 is 18.5 Å². The number of anilines is 1. The molecule has 0 saturated heterocycles. The Hall–Kier alpha value is -3.25. The van der Waals surface area contributed by atoms with Gasteiger partial charge < -0.3 is 20.1 Å². The molecule has 1 aliphatic heterocycles. The van der Waals surface area contributed by atoms with E-state index in [4.69, 9.17) is 4.52 Å². The second-order valence-electron chi connectivity index (χ2n) is 9.36. The smallest absolute Gasteiger partial charge is 0.257 e. The largest absolute Gasteiger partial charge is 0.353 e.